The van der Waals surface area contributed by atoms with Crippen LogP contribution in [0.4, 0.5) is 0 Å². The summed E-state index contributed by atoms with van der Waals surface area (Å²) in [6.07, 6.45) is 1.72. The van der Waals surface area contributed by atoms with E-state index in [1.165, 1.54) is 0 Å². The largest absolute Gasteiger partial charge is 0.484 e. The summed E-state index contributed by atoms with van der Waals surface area (Å²) in [6.45, 7) is 11.6. The standard InChI is InChI=1S/C24H35N3O4/c1-16-6-7-20(17(2)12-16)31-15-21(28)25-19-8-10-26(11-9-19)23(30)18-13-22(29)27(14-18)24(3,4)5/h6-7,12,18-19H,8-11,13-15H2,1-5H3,(H,25,28). The van der Waals surface area contributed by atoms with Crippen LogP contribution in [0.15, 0.2) is 18.2 Å². The fraction of sp³-hybridized carbons (Fsp3) is 0.625. The molecule has 1 atom stereocenters. The Morgan fingerprint density at radius 2 is 1.84 bits per heavy atom. The topological polar surface area (TPSA) is 79.0 Å². The van der Waals surface area contributed by atoms with Gasteiger partial charge in [0.05, 0.1) is 5.92 Å². The molecule has 0 aliphatic carbocycles. The molecular weight excluding hydrogens is 394 g/mol. The number of rotatable bonds is 5. The van der Waals surface area contributed by atoms with Gasteiger partial charge in [0.2, 0.25) is 11.8 Å². The highest BCUT2D eigenvalue weighted by atomic mass is 16.5. The van der Waals surface area contributed by atoms with Gasteiger partial charge in [0.25, 0.3) is 5.91 Å². The van der Waals surface area contributed by atoms with Crippen LogP contribution < -0.4 is 10.1 Å². The summed E-state index contributed by atoms with van der Waals surface area (Å²) in [6, 6.07) is 5.91. The van der Waals surface area contributed by atoms with Crippen molar-refractivity contribution in [2.45, 2.75) is 65.5 Å². The van der Waals surface area contributed by atoms with E-state index in [-0.39, 0.29) is 41.8 Å². The lowest BCUT2D eigenvalue weighted by atomic mass is 10.0. The zero-order valence-corrected chi connectivity index (χ0v) is 19.4. The minimum Gasteiger partial charge on any atom is -0.484 e. The maximum atomic E-state index is 12.9. The summed E-state index contributed by atoms with van der Waals surface area (Å²) in [5.74, 6) is 0.424. The third kappa shape index (κ3) is 5.77. The Hall–Kier alpha value is -2.57. The fourth-order valence-electron chi connectivity index (χ4n) is 4.40. The van der Waals surface area contributed by atoms with Gasteiger partial charge >= 0.3 is 0 Å². The lowest BCUT2D eigenvalue weighted by Gasteiger charge is -2.35. The lowest BCUT2D eigenvalue weighted by molar-refractivity contribution is -0.137. The van der Waals surface area contributed by atoms with Crippen molar-refractivity contribution in [3.63, 3.8) is 0 Å². The zero-order valence-electron chi connectivity index (χ0n) is 19.4. The van der Waals surface area contributed by atoms with Gasteiger partial charge in [-0.3, -0.25) is 14.4 Å². The smallest absolute Gasteiger partial charge is 0.258 e. The van der Waals surface area contributed by atoms with Crippen LogP contribution in [-0.4, -0.2) is 65.3 Å². The number of aryl methyl sites for hydroxylation is 2. The molecule has 1 N–H and O–H groups in total. The quantitative estimate of drug-likeness (QED) is 0.780. The Kier molecular flexibility index (Phi) is 6.92. The highest BCUT2D eigenvalue weighted by Crippen LogP contribution is 2.28. The Labute approximate surface area is 185 Å². The zero-order chi connectivity index (χ0) is 22.8. The molecule has 1 aromatic carbocycles. The Morgan fingerprint density at radius 1 is 1.16 bits per heavy atom. The van der Waals surface area contributed by atoms with Gasteiger partial charge in [-0.25, -0.2) is 0 Å². The molecule has 2 aliphatic heterocycles. The van der Waals surface area contributed by atoms with Crippen LogP contribution in [0.3, 0.4) is 0 Å². The van der Waals surface area contributed by atoms with Gasteiger partial charge < -0.3 is 19.9 Å². The molecular formula is C24H35N3O4. The molecule has 7 nitrogen and oxygen atoms in total. The minimum atomic E-state index is -0.261. The van der Waals surface area contributed by atoms with Gasteiger partial charge in [0.1, 0.15) is 5.75 Å². The average Bonchev–Trinajstić information content (AvgIpc) is 3.09. The second-order valence-corrected chi connectivity index (χ2v) is 9.80. The number of hydrogen-bond acceptors (Lipinski definition) is 4. The molecule has 2 aliphatic rings. The van der Waals surface area contributed by atoms with Crippen LogP contribution in [0.1, 0.15) is 51.2 Å². The van der Waals surface area contributed by atoms with E-state index < -0.39 is 0 Å². The fourth-order valence-corrected chi connectivity index (χ4v) is 4.40. The molecule has 2 fully saturated rings. The predicted molar refractivity (Wildman–Crippen MR) is 119 cm³/mol. The molecule has 31 heavy (non-hydrogen) atoms. The van der Waals surface area contributed by atoms with Crippen molar-refractivity contribution >= 4 is 17.7 Å². The summed E-state index contributed by atoms with van der Waals surface area (Å²) in [4.78, 5) is 41.1. The monoisotopic (exact) mass is 429 g/mol. The van der Waals surface area contributed by atoms with Gasteiger partial charge in [-0.1, -0.05) is 17.7 Å². The Bertz CT molecular complexity index is 838. The summed E-state index contributed by atoms with van der Waals surface area (Å²) >= 11 is 0. The molecule has 1 unspecified atom stereocenters. The molecule has 3 amide bonds. The van der Waals surface area contributed by atoms with Crippen molar-refractivity contribution in [3.05, 3.63) is 29.3 Å². The molecule has 7 heteroatoms. The van der Waals surface area contributed by atoms with Crippen LogP contribution in [0.2, 0.25) is 0 Å². The van der Waals surface area contributed by atoms with Crippen molar-refractivity contribution in [3.8, 4) is 5.75 Å². The van der Waals surface area contributed by atoms with E-state index in [2.05, 4.69) is 5.32 Å². The second kappa shape index (κ2) is 9.28. The van der Waals surface area contributed by atoms with E-state index in [0.29, 0.717) is 38.9 Å². The normalized spacial score (nSPS) is 20.2. The number of carbonyl (C=O) groups is 3. The molecule has 0 radical (unpaired) electrons. The lowest BCUT2D eigenvalue weighted by Crippen LogP contribution is -2.49. The van der Waals surface area contributed by atoms with E-state index in [9.17, 15) is 14.4 Å². The van der Waals surface area contributed by atoms with Gasteiger partial charge in [0.15, 0.2) is 6.61 Å². The SMILES string of the molecule is Cc1ccc(OCC(=O)NC2CCN(C(=O)C3CC(=O)N(C(C)(C)C)C3)CC2)c(C)c1. The molecule has 2 heterocycles. The van der Waals surface area contributed by atoms with Crippen molar-refractivity contribution in [2.24, 2.45) is 5.92 Å². The van der Waals surface area contributed by atoms with Crippen LogP contribution in [0.5, 0.6) is 5.75 Å². The molecule has 0 saturated carbocycles. The van der Waals surface area contributed by atoms with E-state index in [1.54, 1.807) is 4.90 Å². The van der Waals surface area contributed by atoms with Crippen LogP contribution in [-0.2, 0) is 14.4 Å². The number of likely N-dealkylation sites (tertiary alicyclic amines) is 2. The number of amides is 3. The molecule has 0 aromatic heterocycles. The molecule has 0 spiro atoms. The van der Waals surface area contributed by atoms with E-state index in [0.717, 1.165) is 16.9 Å². The van der Waals surface area contributed by atoms with Crippen molar-refractivity contribution < 1.29 is 19.1 Å². The predicted octanol–water partition coefficient (Wildman–Crippen LogP) is 2.44. The second-order valence-electron chi connectivity index (χ2n) is 9.80. The highest BCUT2D eigenvalue weighted by molar-refractivity contribution is 5.89. The van der Waals surface area contributed by atoms with Gasteiger partial charge in [0, 0.05) is 37.6 Å². The maximum absolute atomic E-state index is 12.9. The number of carbonyl (C=O) groups excluding carboxylic acids is 3. The first-order valence-electron chi connectivity index (χ1n) is 11.1. The van der Waals surface area contributed by atoms with Crippen LogP contribution >= 0.6 is 0 Å². The van der Waals surface area contributed by atoms with Crippen molar-refractivity contribution in [1.29, 1.82) is 0 Å². The number of nitrogens with zero attached hydrogens (tertiary/aromatic N) is 2. The molecule has 2 saturated heterocycles. The highest BCUT2D eigenvalue weighted by Gasteiger charge is 2.41. The summed E-state index contributed by atoms with van der Waals surface area (Å²) in [5, 5.41) is 3.02. The number of nitrogens with one attached hydrogen (secondary N) is 1. The van der Waals surface area contributed by atoms with Crippen molar-refractivity contribution in [2.75, 3.05) is 26.2 Å². The van der Waals surface area contributed by atoms with Crippen LogP contribution in [0, 0.1) is 19.8 Å². The number of ether oxygens (including phenoxy) is 1. The molecule has 1 aromatic rings. The third-order valence-electron chi connectivity index (χ3n) is 6.14. The number of benzene rings is 1. The summed E-state index contributed by atoms with van der Waals surface area (Å²) < 4.78 is 5.66. The Balaban J connectivity index is 1.42. The molecule has 170 valence electrons. The minimum absolute atomic E-state index is 0.0180. The van der Waals surface area contributed by atoms with Crippen LogP contribution in [0.25, 0.3) is 0 Å². The first-order valence-corrected chi connectivity index (χ1v) is 11.1. The van der Waals surface area contributed by atoms with Crippen molar-refractivity contribution in [1.82, 2.24) is 15.1 Å². The maximum Gasteiger partial charge on any atom is 0.258 e. The number of hydrogen-bond donors (Lipinski definition) is 1. The van der Waals surface area contributed by atoms with E-state index >= 15 is 0 Å². The Morgan fingerprint density at radius 3 is 2.42 bits per heavy atom. The first-order chi connectivity index (χ1) is 14.5. The average molecular weight is 430 g/mol. The first kappa shape index (κ1) is 23.1. The van der Waals surface area contributed by atoms with Gasteiger partial charge in [-0.05, 0) is 59.1 Å². The van der Waals surface area contributed by atoms with Gasteiger partial charge in [-0.2, -0.15) is 0 Å². The summed E-state index contributed by atoms with van der Waals surface area (Å²) in [5.41, 5.74) is 1.90. The van der Waals surface area contributed by atoms with E-state index in [4.69, 9.17) is 4.74 Å². The number of piperidine rings is 1. The summed E-state index contributed by atoms with van der Waals surface area (Å²) in [7, 11) is 0. The third-order valence-corrected chi connectivity index (χ3v) is 6.14. The van der Waals surface area contributed by atoms with Gasteiger partial charge in [-0.15, -0.1) is 0 Å². The molecule has 0 bridgehead atoms. The molecule has 3 rings (SSSR count). The van der Waals surface area contributed by atoms with E-state index in [1.807, 2.05) is 57.7 Å².